The minimum absolute atomic E-state index is 0.534. The van der Waals surface area contributed by atoms with Crippen LogP contribution >= 0.6 is 0 Å². The molecular formula is C46H25N5O2. The largest absolute Gasteiger partial charge is 0.455 e. The van der Waals surface area contributed by atoms with Gasteiger partial charge in [0.15, 0.2) is 23.1 Å². The Kier molecular flexibility index (Phi) is 6.18. The normalized spacial score (nSPS) is 11.8. The van der Waals surface area contributed by atoms with E-state index in [-0.39, 0.29) is 0 Å². The summed E-state index contributed by atoms with van der Waals surface area (Å²) in [6, 6.07) is 52.6. The highest BCUT2D eigenvalue weighted by atomic mass is 16.3. The van der Waals surface area contributed by atoms with Gasteiger partial charge in [-0.05, 0) is 66.7 Å². The van der Waals surface area contributed by atoms with Crippen molar-refractivity contribution in [1.29, 1.82) is 5.26 Å². The third kappa shape index (κ3) is 4.36. The highest BCUT2D eigenvalue weighted by Crippen LogP contribution is 2.48. The number of para-hydroxylation sites is 3. The molecule has 53 heavy (non-hydrogen) atoms. The van der Waals surface area contributed by atoms with E-state index >= 15 is 0 Å². The van der Waals surface area contributed by atoms with Gasteiger partial charge < -0.3 is 13.4 Å². The number of rotatable bonds is 4. The molecule has 7 nitrogen and oxygen atoms in total. The van der Waals surface area contributed by atoms with Crippen LogP contribution in [0.1, 0.15) is 5.56 Å². The molecule has 246 valence electrons. The summed E-state index contributed by atoms with van der Waals surface area (Å²) in [5, 5.41) is 15.7. The smallest absolute Gasteiger partial charge is 0.164 e. The molecule has 4 heterocycles. The molecule has 4 aromatic heterocycles. The van der Waals surface area contributed by atoms with Crippen LogP contribution in [0.5, 0.6) is 0 Å². The van der Waals surface area contributed by atoms with Gasteiger partial charge in [-0.3, -0.25) is 0 Å². The molecule has 0 spiro atoms. The summed E-state index contributed by atoms with van der Waals surface area (Å²) < 4.78 is 15.8. The number of fused-ring (bicyclic) bond motifs is 12. The molecule has 11 rings (SSSR count). The highest BCUT2D eigenvalue weighted by molar-refractivity contribution is 6.38. The minimum Gasteiger partial charge on any atom is -0.455 e. The fourth-order valence-electron chi connectivity index (χ4n) is 7.69. The molecule has 0 atom stereocenters. The summed E-state index contributed by atoms with van der Waals surface area (Å²) >= 11 is 0. The van der Waals surface area contributed by atoms with E-state index in [2.05, 4.69) is 83.4 Å². The van der Waals surface area contributed by atoms with E-state index < -0.39 is 0 Å². The van der Waals surface area contributed by atoms with E-state index in [4.69, 9.17) is 23.8 Å². The van der Waals surface area contributed by atoms with Gasteiger partial charge in [-0.15, -0.1) is 0 Å². The van der Waals surface area contributed by atoms with Crippen LogP contribution in [0.25, 0.3) is 106 Å². The third-order valence-corrected chi connectivity index (χ3v) is 10.1. The van der Waals surface area contributed by atoms with Gasteiger partial charge in [-0.25, -0.2) is 15.0 Å². The van der Waals surface area contributed by atoms with Crippen molar-refractivity contribution in [3.63, 3.8) is 0 Å². The SMILES string of the molecule is N#Cc1ccc(-c2nc(-c3ccccc3)nc(-c3ccc(-n4c5ccccc5c5c6oc7ccccc7c6c6c7ccccc7oc6c54)cc3)n2)cc1. The van der Waals surface area contributed by atoms with Gasteiger partial charge in [0.05, 0.1) is 22.5 Å². The lowest BCUT2D eigenvalue weighted by Gasteiger charge is -2.11. The van der Waals surface area contributed by atoms with Crippen molar-refractivity contribution in [2.24, 2.45) is 0 Å². The lowest BCUT2D eigenvalue weighted by Crippen LogP contribution is -2.00. The Hall–Kier alpha value is -7.56. The number of hydrogen-bond donors (Lipinski definition) is 0. The van der Waals surface area contributed by atoms with Gasteiger partial charge >= 0.3 is 0 Å². The molecule has 0 radical (unpaired) electrons. The monoisotopic (exact) mass is 679 g/mol. The van der Waals surface area contributed by atoms with Crippen LogP contribution < -0.4 is 0 Å². The highest BCUT2D eigenvalue weighted by Gasteiger charge is 2.26. The Bertz CT molecular complexity index is 3280. The van der Waals surface area contributed by atoms with E-state index in [1.807, 2.05) is 66.7 Å². The number of nitrogens with zero attached hydrogens (tertiary/aromatic N) is 5. The van der Waals surface area contributed by atoms with Crippen molar-refractivity contribution in [3.8, 4) is 45.9 Å². The second kappa shape index (κ2) is 11.2. The molecule has 0 saturated carbocycles. The fraction of sp³-hybridized carbons (Fsp3) is 0. The molecule has 11 aromatic rings. The number of nitriles is 1. The molecule has 0 fully saturated rings. The van der Waals surface area contributed by atoms with E-state index in [1.54, 1.807) is 12.1 Å². The first-order valence-electron chi connectivity index (χ1n) is 17.3. The zero-order valence-corrected chi connectivity index (χ0v) is 28.0. The zero-order chi connectivity index (χ0) is 35.0. The quantitative estimate of drug-likeness (QED) is 0.184. The summed E-state index contributed by atoms with van der Waals surface area (Å²) in [5.74, 6) is 1.66. The maximum atomic E-state index is 9.35. The summed E-state index contributed by atoms with van der Waals surface area (Å²) in [6.45, 7) is 0. The van der Waals surface area contributed by atoms with Crippen LogP contribution in [-0.4, -0.2) is 19.5 Å². The standard InChI is InChI=1S/C46H25N5O2/c47-26-27-18-20-29(21-19-27)45-48-44(28-10-2-1-3-11-28)49-46(50-45)30-22-24-31(25-23-30)51-35-15-7-4-12-32(35)40-41(51)43-39(34-14-6-9-17-37(34)53-43)38-33-13-5-8-16-36(33)52-42(38)40/h1-25H. The first-order valence-corrected chi connectivity index (χ1v) is 17.3. The Morgan fingerprint density at radius 1 is 0.453 bits per heavy atom. The van der Waals surface area contributed by atoms with Gasteiger partial charge in [0, 0.05) is 49.3 Å². The summed E-state index contributed by atoms with van der Waals surface area (Å²) in [5.41, 5.74) is 9.40. The Labute approximate surface area is 301 Å². The topological polar surface area (TPSA) is 93.7 Å². The fourth-order valence-corrected chi connectivity index (χ4v) is 7.69. The molecule has 0 unspecified atom stereocenters. The van der Waals surface area contributed by atoms with Crippen molar-refractivity contribution < 1.29 is 8.83 Å². The summed E-state index contributed by atoms with van der Waals surface area (Å²) in [4.78, 5) is 14.7. The number of hydrogen-bond acceptors (Lipinski definition) is 6. The average Bonchev–Trinajstić information content (AvgIpc) is 3.91. The van der Waals surface area contributed by atoms with Crippen LogP contribution in [0, 0.1) is 11.3 Å². The van der Waals surface area contributed by atoms with Gasteiger partial charge in [-0.2, -0.15) is 5.26 Å². The second-order valence-corrected chi connectivity index (χ2v) is 13.1. The first kappa shape index (κ1) is 29.2. The second-order valence-electron chi connectivity index (χ2n) is 13.1. The maximum absolute atomic E-state index is 9.35. The van der Waals surface area contributed by atoms with Crippen LogP contribution in [-0.2, 0) is 0 Å². The van der Waals surface area contributed by atoms with E-state index in [1.165, 1.54) is 0 Å². The van der Waals surface area contributed by atoms with Crippen molar-refractivity contribution in [3.05, 3.63) is 157 Å². The Morgan fingerprint density at radius 2 is 0.943 bits per heavy atom. The van der Waals surface area contributed by atoms with Crippen LogP contribution in [0.4, 0.5) is 0 Å². The van der Waals surface area contributed by atoms with Gasteiger partial charge in [0.1, 0.15) is 22.3 Å². The molecule has 0 bridgehead atoms. The molecule has 0 aliphatic heterocycles. The first-order chi connectivity index (χ1) is 26.2. The summed E-state index contributed by atoms with van der Waals surface area (Å²) in [7, 11) is 0. The van der Waals surface area contributed by atoms with Crippen LogP contribution in [0.3, 0.4) is 0 Å². The molecule has 7 aromatic carbocycles. The third-order valence-electron chi connectivity index (χ3n) is 10.1. The predicted octanol–water partition coefficient (Wildman–Crippen LogP) is 11.6. The molecule has 0 aliphatic carbocycles. The molecule has 0 N–H and O–H groups in total. The number of benzene rings is 7. The Balaban J connectivity index is 1.15. The van der Waals surface area contributed by atoms with E-state index in [9.17, 15) is 5.26 Å². The summed E-state index contributed by atoms with van der Waals surface area (Å²) in [6.07, 6.45) is 0. The molecule has 0 amide bonds. The van der Waals surface area contributed by atoms with Crippen LogP contribution in [0.15, 0.2) is 160 Å². The molecule has 7 heteroatoms. The minimum atomic E-state index is 0.534. The van der Waals surface area contributed by atoms with Gasteiger partial charge in [-0.1, -0.05) is 84.9 Å². The van der Waals surface area contributed by atoms with Crippen molar-refractivity contribution in [2.75, 3.05) is 0 Å². The van der Waals surface area contributed by atoms with Crippen molar-refractivity contribution in [2.45, 2.75) is 0 Å². The van der Waals surface area contributed by atoms with Gasteiger partial charge in [0.25, 0.3) is 0 Å². The van der Waals surface area contributed by atoms with Crippen molar-refractivity contribution in [1.82, 2.24) is 19.5 Å². The maximum Gasteiger partial charge on any atom is 0.164 e. The van der Waals surface area contributed by atoms with E-state index in [0.717, 1.165) is 88.1 Å². The average molecular weight is 680 g/mol. The molecule has 0 saturated heterocycles. The number of aromatic nitrogens is 4. The lowest BCUT2D eigenvalue weighted by molar-refractivity contribution is 0.667. The number of furan rings is 2. The predicted molar refractivity (Wildman–Crippen MR) is 210 cm³/mol. The zero-order valence-electron chi connectivity index (χ0n) is 28.0. The Morgan fingerprint density at radius 3 is 1.57 bits per heavy atom. The molecule has 0 aliphatic rings. The van der Waals surface area contributed by atoms with Crippen LogP contribution in [0.2, 0.25) is 0 Å². The van der Waals surface area contributed by atoms with E-state index in [0.29, 0.717) is 23.0 Å². The molecular weight excluding hydrogens is 655 g/mol. The van der Waals surface area contributed by atoms with Gasteiger partial charge in [0.2, 0.25) is 0 Å². The van der Waals surface area contributed by atoms with Crippen molar-refractivity contribution >= 4 is 65.7 Å². The lowest BCUT2D eigenvalue weighted by atomic mass is 10.0.